The molecule has 21 heavy (non-hydrogen) atoms. The van der Waals surface area contributed by atoms with Gasteiger partial charge in [-0.3, -0.25) is 4.90 Å². The van der Waals surface area contributed by atoms with Crippen LogP contribution in [0.5, 0.6) is 0 Å². The van der Waals surface area contributed by atoms with E-state index in [1.807, 2.05) is 18.2 Å². The van der Waals surface area contributed by atoms with Gasteiger partial charge in [0.15, 0.2) is 0 Å². The summed E-state index contributed by atoms with van der Waals surface area (Å²) in [6.07, 6.45) is 1.04. The molecule has 0 saturated carbocycles. The molecule has 114 valence electrons. The van der Waals surface area contributed by atoms with Gasteiger partial charge < -0.3 is 10.3 Å². The average Bonchev–Trinajstić information content (AvgIpc) is 2.70. The third kappa shape index (κ3) is 2.80. The van der Waals surface area contributed by atoms with E-state index in [1.54, 1.807) is 0 Å². The van der Waals surface area contributed by atoms with Crippen molar-refractivity contribution in [3.63, 3.8) is 0 Å². The molecule has 1 saturated heterocycles. The first kappa shape index (κ1) is 14.8. The van der Waals surface area contributed by atoms with Gasteiger partial charge in [-0.15, -0.1) is 0 Å². The lowest BCUT2D eigenvalue weighted by Gasteiger charge is -2.42. The Morgan fingerprint density at radius 3 is 2.90 bits per heavy atom. The fraction of sp³-hybridized carbons (Fsp3) is 0.562. The van der Waals surface area contributed by atoms with E-state index >= 15 is 0 Å². The fourth-order valence-corrected chi connectivity index (χ4v) is 3.35. The Morgan fingerprint density at radius 2 is 2.19 bits per heavy atom. The number of piperidine rings is 1. The lowest BCUT2D eigenvalue weighted by Crippen LogP contribution is -2.52. The second-order valence-corrected chi connectivity index (χ2v) is 7.25. The SMILES string of the molecule is Cn1c(CN2CCC(N)C(C)(C)C2)nc2cc(Cl)ccc21. The van der Waals surface area contributed by atoms with Crippen molar-refractivity contribution in [1.29, 1.82) is 0 Å². The monoisotopic (exact) mass is 306 g/mol. The zero-order chi connectivity index (χ0) is 15.2. The number of benzene rings is 1. The van der Waals surface area contributed by atoms with Gasteiger partial charge in [-0.25, -0.2) is 4.98 Å². The molecule has 2 N–H and O–H groups in total. The molecule has 1 atom stereocenters. The van der Waals surface area contributed by atoms with E-state index in [0.29, 0.717) is 0 Å². The topological polar surface area (TPSA) is 47.1 Å². The summed E-state index contributed by atoms with van der Waals surface area (Å²) in [5.41, 5.74) is 8.47. The minimum atomic E-state index is 0.159. The van der Waals surface area contributed by atoms with Gasteiger partial charge in [-0.1, -0.05) is 25.4 Å². The van der Waals surface area contributed by atoms with Gasteiger partial charge in [0.2, 0.25) is 0 Å². The minimum Gasteiger partial charge on any atom is -0.330 e. The third-order valence-electron chi connectivity index (χ3n) is 4.69. The number of imidazole rings is 1. The van der Waals surface area contributed by atoms with Crippen LogP contribution in [0.1, 0.15) is 26.1 Å². The number of halogens is 1. The van der Waals surface area contributed by atoms with Crippen LogP contribution in [0.25, 0.3) is 11.0 Å². The Morgan fingerprint density at radius 1 is 1.43 bits per heavy atom. The Hall–Kier alpha value is -1.10. The van der Waals surface area contributed by atoms with Gasteiger partial charge >= 0.3 is 0 Å². The lowest BCUT2D eigenvalue weighted by atomic mass is 9.80. The number of fused-ring (bicyclic) bond motifs is 1. The van der Waals surface area contributed by atoms with Crippen molar-refractivity contribution in [2.45, 2.75) is 32.9 Å². The molecule has 0 spiro atoms. The molecule has 0 amide bonds. The highest BCUT2D eigenvalue weighted by molar-refractivity contribution is 6.31. The standard InChI is InChI=1S/C16H23ClN4/c1-16(2)10-21(7-6-14(16)18)9-15-19-12-8-11(17)4-5-13(12)20(15)3/h4-5,8,14H,6-7,9-10,18H2,1-3H3. The predicted octanol–water partition coefficient (Wildman–Crippen LogP) is 2.79. The summed E-state index contributed by atoms with van der Waals surface area (Å²) in [5, 5.41) is 0.734. The first-order valence-electron chi connectivity index (χ1n) is 7.45. The molecule has 4 nitrogen and oxygen atoms in total. The maximum Gasteiger partial charge on any atom is 0.123 e. The van der Waals surface area contributed by atoms with Crippen molar-refractivity contribution in [3.05, 3.63) is 29.0 Å². The second-order valence-electron chi connectivity index (χ2n) is 6.81. The number of rotatable bonds is 2. The van der Waals surface area contributed by atoms with Crippen LogP contribution >= 0.6 is 11.6 Å². The van der Waals surface area contributed by atoms with Gasteiger partial charge in [0.25, 0.3) is 0 Å². The zero-order valence-electron chi connectivity index (χ0n) is 12.9. The summed E-state index contributed by atoms with van der Waals surface area (Å²) < 4.78 is 2.16. The summed E-state index contributed by atoms with van der Waals surface area (Å²) in [5.74, 6) is 1.08. The highest BCUT2D eigenvalue weighted by atomic mass is 35.5. The van der Waals surface area contributed by atoms with E-state index in [1.165, 1.54) is 0 Å². The highest BCUT2D eigenvalue weighted by Crippen LogP contribution is 2.29. The summed E-state index contributed by atoms with van der Waals surface area (Å²) >= 11 is 6.05. The summed E-state index contributed by atoms with van der Waals surface area (Å²) in [4.78, 5) is 7.19. The Labute approximate surface area is 130 Å². The maximum absolute atomic E-state index is 6.21. The first-order chi connectivity index (χ1) is 9.87. The Bertz CT molecular complexity index is 662. The van der Waals surface area contributed by atoms with Gasteiger partial charge in [0.1, 0.15) is 5.82 Å². The number of likely N-dealkylation sites (tertiary alicyclic amines) is 1. The molecule has 1 aliphatic rings. The molecule has 0 radical (unpaired) electrons. The van der Waals surface area contributed by atoms with Gasteiger partial charge in [0.05, 0.1) is 17.6 Å². The molecule has 1 unspecified atom stereocenters. The van der Waals surface area contributed by atoms with E-state index in [0.717, 1.165) is 47.9 Å². The average molecular weight is 307 g/mol. The van der Waals surface area contributed by atoms with E-state index in [2.05, 4.69) is 30.4 Å². The summed E-state index contributed by atoms with van der Waals surface area (Å²) in [6.45, 7) is 7.41. The van der Waals surface area contributed by atoms with Gasteiger partial charge in [0, 0.05) is 31.2 Å². The number of hydrogen-bond acceptors (Lipinski definition) is 3. The fourth-order valence-electron chi connectivity index (χ4n) is 3.18. The molecule has 1 aliphatic heterocycles. The van der Waals surface area contributed by atoms with E-state index in [-0.39, 0.29) is 11.5 Å². The van der Waals surface area contributed by atoms with Crippen LogP contribution in [0.3, 0.4) is 0 Å². The number of nitrogens with zero attached hydrogens (tertiary/aromatic N) is 3. The molecule has 2 aromatic rings. The molecular weight excluding hydrogens is 284 g/mol. The zero-order valence-corrected chi connectivity index (χ0v) is 13.7. The van der Waals surface area contributed by atoms with Crippen molar-refractivity contribution >= 4 is 22.6 Å². The van der Waals surface area contributed by atoms with Crippen molar-refractivity contribution in [1.82, 2.24) is 14.5 Å². The van der Waals surface area contributed by atoms with Crippen LogP contribution < -0.4 is 5.73 Å². The quantitative estimate of drug-likeness (QED) is 0.928. The van der Waals surface area contributed by atoms with Crippen molar-refractivity contribution < 1.29 is 0 Å². The number of aryl methyl sites for hydroxylation is 1. The summed E-state index contributed by atoms with van der Waals surface area (Å²) in [7, 11) is 2.07. The Kier molecular flexibility index (Phi) is 3.72. The lowest BCUT2D eigenvalue weighted by molar-refractivity contribution is 0.0873. The minimum absolute atomic E-state index is 0.159. The molecule has 2 heterocycles. The van der Waals surface area contributed by atoms with E-state index in [4.69, 9.17) is 22.3 Å². The maximum atomic E-state index is 6.21. The van der Waals surface area contributed by atoms with Gasteiger partial charge in [-0.05, 0) is 30.0 Å². The molecule has 5 heteroatoms. The molecule has 3 rings (SSSR count). The van der Waals surface area contributed by atoms with Crippen LogP contribution in [0.15, 0.2) is 18.2 Å². The first-order valence-corrected chi connectivity index (χ1v) is 7.83. The normalized spacial score (nSPS) is 22.8. The van der Waals surface area contributed by atoms with Gasteiger partial charge in [-0.2, -0.15) is 0 Å². The van der Waals surface area contributed by atoms with Crippen LogP contribution in [0, 0.1) is 5.41 Å². The molecule has 0 aliphatic carbocycles. The smallest absolute Gasteiger partial charge is 0.123 e. The highest BCUT2D eigenvalue weighted by Gasteiger charge is 2.33. The Balaban J connectivity index is 1.84. The molecule has 1 aromatic heterocycles. The third-order valence-corrected chi connectivity index (χ3v) is 4.93. The summed E-state index contributed by atoms with van der Waals surface area (Å²) in [6, 6.07) is 6.16. The van der Waals surface area contributed by atoms with E-state index < -0.39 is 0 Å². The van der Waals surface area contributed by atoms with E-state index in [9.17, 15) is 0 Å². The second kappa shape index (κ2) is 5.27. The van der Waals surface area contributed by atoms with Crippen molar-refractivity contribution in [3.8, 4) is 0 Å². The molecular formula is C16H23ClN4. The predicted molar refractivity (Wildman–Crippen MR) is 87.4 cm³/mol. The van der Waals surface area contributed by atoms with Crippen LogP contribution in [0.4, 0.5) is 0 Å². The van der Waals surface area contributed by atoms with Crippen molar-refractivity contribution in [2.75, 3.05) is 13.1 Å². The number of nitrogens with two attached hydrogens (primary N) is 1. The van der Waals surface area contributed by atoms with Crippen LogP contribution in [-0.4, -0.2) is 33.6 Å². The van der Waals surface area contributed by atoms with Crippen LogP contribution in [0.2, 0.25) is 5.02 Å². The number of aromatic nitrogens is 2. The van der Waals surface area contributed by atoms with Crippen molar-refractivity contribution in [2.24, 2.45) is 18.2 Å². The molecule has 1 aromatic carbocycles. The number of hydrogen-bond donors (Lipinski definition) is 1. The molecule has 1 fully saturated rings. The largest absolute Gasteiger partial charge is 0.330 e. The molecule has 0 bridgehead atoms. The van der Waals surface area contributed by atoms with Crippen LogP contribution in [-0.2, 0) is 13.6 Å².